The van der Waals surface area contributed by atoms with E-state index in [1.54, 1.807) is 19.1 Å². The van der Waals surface area contributed by atoms with Crippen LogP contribution in [0.5, 0.6) is 5.75 Å². The molecule has 1 aromatic rings. The predicted molar refractivity (Wildman–Crippen MR) is 95.9 cm³/mol. The van der Waals surface area contributed by atoms with Crippen LogP contribution in [-0.2, 0) is 9.59 Å². The number of urea groups is 1. The summed E-state index contributed by atoms with van der Waals surface area (Å²) in [4.78, 5) is 40.8. The number of nitrogens with zero attached hydrogens (tertiary/aromatic N) is 3. The van der Waals surface area contributed by atoms with Crippen molar-refractivity contribution in [3.63, 3.8) is 0 Å². The Balaban J connectivity index is 1.59. The van der Waals surface area contributed by atoms with Gasteiger partial charge in [0.15, 0.2) is 0 Å². The van der Waals surface area contributed by atoms with E-state index in [0.29, 0.717) is 19.0 Å². The van der Waals surface area contributed by atoms with Crippen LogP contribution in [0, 0.1) is 0 Å². The normalized spacial score (nSPS) is 21.5. The molecule has 0 saturated carbocycles. The molecule has 2 aliphatic heterocycles. The third-order valence-electron chi connectivity index (χ3n) is 5.47. The molecule has 2 fully saturated rings. The minimum Gasteiger partial charge on any atom is -0.496 e. The van der Waals surface area contributed by atoms with Gasteiger partial charge in [-0.2, -0.15) is 0 Å². The van der Waals surface area contributed by atoms with E-state index in [1.807, 2.05) is 18.2 Å². The molecule has 4 amide bonds. The molecule has 1 atom stereocenters. The van der Waals surface area contributed by atoms with Crippen molar-refractivity contribution in [1.82, 2.24) is 14.7 Å². The summed E-state index contributed by atoms with van der Waals surface area (Å²) in [5.74, 6) is 0.863. The summed E-state index contributed by atoms with van der Waals surface area (Å²) < 4.78 is 5.45. The monoisotopic (exact) mass is 359 g/mol. The summed E-state index contributed by atoms with van der Waals surface area (Å²) >= 11 is 0. The van der Waals surface area contributed by atoms with Gasteiger partial charge in [-0.05, 0) is 30.4 Å². The van der Waals surface area contributed by atoms with Crippen LogP contribution in [0.2, 0.25) is 0 Å². The number of benzene rings is 1. The summed E-state index contributed by atoms with van der Waals surface area (Å²) in [7, 11) is 4.69. The van der Waals surface area contributed by atoms with E-state index in [4.69, 9.17) is 4.74 Å². The van der Waals surface area contributed by atoms with E-state index in [0.717, 1.165) is 23.5 Å². The molecule has 7 nitrogen and oxygen atoms in total. The van der Waals surface area contributed by atoms with Gasteiger partial charge in [0.2, 0.25) is 5.91 Å². The highest BCUT2D eigenvalue weighted by Crippen LogP contribution is 2.34. The third-order valence-corrected chi connectivity index (χ3v) is 5.47. The number of hydrogen-bond acceptors (Lipinski definition) is 4. The van der Waals surface area contributed by atoms with Crippen molar-refractivity contribution in [3.8, 4) is 5.75 Å². The van der Waals surface area contributed by atoms with Gasteiger partial charge in [-0.15, -0.1) is 0 Å². The Morgan fingerprint density at radius 3 is 2.38 bits per heavy atom. The van der Waals surface area contributed by atoms with Crippen molar-refractivity contribution in [2.45, 2.75) is 31.2 Å². The molecule has 0 spiro atoms. The highest BCUT2D eigenvalue weighted by Gasteiger charge is 2.42. The molecule has 7 heteroatoms. The summed E-state index contributed by atoms with van der Waals surface area (Å²) in [5.41, 5.74) is 1.18. The fraction of sp³-hybridized carbons (Fsp3) is 0.526. The van der Waals surface area contributed by atoms with Gasteiger partial charge >= 0.3 is 6.03 Å². The Hall–Kier alpha value is -2.57. The molecule has 2 saturated heterocycles. The average molecular weight is 359 g/mol. The molecular formula is C19H25N3O4. The summed E-state index contributed by atoms with van der Waals surface area (Å²) in [5, 5.41) is 0. The van der Waals surface area contributed by atoms with E-state index in [-0.39, 0.29) is 24.3 Å². The second kappa shape index (κ2) is 7.35. The SMILES string of the molecule is COc1ccccc1C1CCN(C(=O)C[C@H]2C(=O)N(C)C(=O)N2C)CC1. The minimum atomic E-state index is -0.688. The van der Waals surface area contributed by atoms with Gasteiger partial charge in [-0.1, -0.05) is 18.2 Å². The molecular weight excluding hydrogens is 334 g/mol. The molecule has 1 aromatic carbocycles. The first-order valence-electron chi connectivity index (χ1n) is 8.89. The molecule has 0 N–H and O–H groups in total. The summed E-state index contributed by atoms with van der Waals surface area (Å²) in [6, 6.07) is 6.95. The molecule has 0 unspecified atom stereocenters. The van der Waals surface area contributed by atoms with Crippen LogP contribution in [0.25, 0.3) is 0 Å². The van der Waals surface area contributed by atoms with E-state index in [2.05, 4.69) is 6.07 Å². The van der Waals surface area contributed by atoms with Crippen LogP contribution < -0.4 is 4.74 Å². The number of piperidine rings is 1. The molecule has 140 valence electrons. The second-order valence-electron chi connectivity index (χ2n) is 6.91. The van der Waals surface area contributed by atoms with E-state index in [9.17, 15) is 14.4 Å². The number of para-hydroxylation sites is 1. The Kier molecular flexibility index (Phi) is 5.15. The number of likely N-dealkylation sites (tertiary alicyclic amines) is 1. The topological polar surface area (TPSA) is 70.2 Å². The molecule has 26 heavy (non-hydrogen) atoms. The summed E-state index contributed by atoms with van der Waals surface area (Å²) in [6.45, 7) is 1.30. The van der Waals surface area contributed by atoms with Crippen LogP contribution in [0.4, 0.5) is 4.79 Å². The standard InChI is InChI=1S/C19H25N3O4/c1-20-15(18(24)21(2)19(20)25)12-17(23)22-10-8-13(9-11-22)14-6-4-5-7-16(14)26-3/h4-7,13,15H,8-12H2,1-3H3/t15-/m0/s1. The maximum atomic E-state index is 12.6. The van der Waals surface area contributed by atoms with Crippen molar-refractivity contribution in [2.75, 3.05) is 34.3 Å². The van der Waals surface area contributed by atoms with Crippen LogP contribution in [0.3, 0.4) is 0 Å². The van der Waals surface area contributed by atoms with Crippen LogP contribution in [0.1, 0.15) is 30.7 Å². The van der Waals surface area contributed by atoms with Crippen molar-refractivity contribution < 1.29 is 19.1 Å². The Bertz CT molecular complexity index is 712. The third kappa shape index (κ3) is 3.25. The fourth-order valence-electron chi connectivity index (χ4n) is 3.82. The second-order valence-corrected chi connectivity index (χ2v) is 6.91. The summed E-state index contributed by atoms with van der Waals surface area (Å²) in [6.07, 6.45) is 1.77. The lowest BCUT2D eigenvalue weighted by Gasteiger charge is -2.33. The zero-order chi connectivity index (χ0) is 18.8. The zero-order valence-corrected chi connectivity index (χ0v) is 15.5. The molecule has 2 aliphatic rings. The molecule has 2 heterocycles. The van der Waals surface area contributed by atoms with Gasteiger partial charge < -0.3 is 14.5 Å². The van der Waals surface area contributed by atoms with Gasteiger partial charge in [0.05, 0.1) is 13.5 Å². The highest BCUT2D eigenvalue weighted by molar-refractivity contribution is 6.05. The number of likely N-dealkylation sites (N-methyl/N-ethyl adjacent to an activating group) is 2. The van der Waals surface area contributed by atoms with Crippen molar-refractivity contribution in [3.05, 3.63) is 29.8 Å². The van der Waals surface area contributed by atoms with Gasteiger partial charge in [0.1, 0.15) is 11.8 Å². The molecule has 0 aliphatic carbocycles. The lowest BCUT2D eigenvalue weighted by atomic mass is 9.88. The number of methoxy groups -OCH3 is 1. The van der Waals surface area contributed by atoms with Crippen LogP contribution in [-0.4, -0.2) is 72.9 Å². The Labute approximate surface area is 153 Å². The fourth-order valence-corrected chi connectivity index (χ4v) is 3.82. The Morgan fingerprint density at radius 2 is 1.81 bits per heavy atom. The van der Waals surface area contributed by atoms with Gasteiger partial charge in [0.25, 0.3) is 5.91 Å². The van der Waals surface area contributed by atoms with Crippen LogP contribution in [0.15, 0.2) is 24.3 Å². The van der Waals surface area contributed by atoms with Crippen LogP contribution >= 0.6 is 0 Å². The number of ether oxygens (including phenoxy) is 1. The predicted octanol–water partition coefficient (Wildman–Crippen LogP) is 1.68. The van der Waals surface area contributed by atoms with Gasteiger partial charge in [0, 0.05) is 27.2 Å². The maximum absolute atomic E-state index is 12.6. The Morgan fingerprint density at radius 1 is 1.15 bits per heavy atom. The van der Waals surface area contributed by atoms with Crippen molar-refractivity contribution >= 4 is 17.8 Å². The first-order valence-corrected chi connectivity index (χ1v) is 8.89. The smallest absolute Gasteiger partial charge is 0.326 e. The maximum Gasteiger partial charge on any atom is 0.326 e. The first kappa shape index (κ1) is 18.2. The highest BCUT2D eigenvalue weighted by atomic mass is 16.5. The van der Waals surface area contributed by atoms with Gasteiger partial charge in [-0.25, -0.2) is 4.79 Å². The van der Waals surface area contributed by atoms with E-state index < -0.39 is 6.04 Å². The average Bonchev–Trinajstić information content (AvgIpc) is 2.86. The quantitative estimate of drug-likeness (QED) is 0.767. The number of amides is 4. The molecule has 0 radical (unpaired) electrons. The number of hydrogen-bond donors (Lipinski definition) is 0. The lowest BCUT2D eigenvalue weighted by molar-refractivity contribution is -0.137. The van der Waals surface area contributed by atoms with Crippen molar-refractivity contribution in [2.24, 2.45) is 0 Å². The molecule has 0 aromatic heterocycles. The molecule has 3 rings (SSSR count). The number of carbonyl (C=O) groups excluding carboxylic acids is 3. The largest absolute Gasteiger partial charge is 0.496 e. The number of carbonyl (C=O) groups is 3. The molecule has 0 bridgehead atoms. The van der Waals surface area contributed by atoms with Gasteiger partial charge in [-0.3, -0.25) is 14.5 Å². The minimum absolute atomic E-state index is 0.0464. The first-order chi connectivity index (χ1) is 12.4. The lowest BCUT2D eigenvalue weighted by Crippen LogP contribution is -2.42. The number of imide groups is 1. The number of rotatable bonds is 4. The van der Waals surface area contributed by atoms with E-state index >= 15 is 0 Å². The van der Waals surface area contributed by atoms with E-state index in [1.165, 1.54) is 17.5 Å². The van der Waals surface area contributed by atoms with Crippen molar-refractivity contribution in [1.29, 1.82) is 0 Å². The zero-order valence-electron chi connectivity index (χ0n) is 15.5.